The van der Waals surface area contributed by atoms with E-state index in [0.717, 1.165) is 30.8 Å². The van der Waals surface area contributed by atoms with Gasteiger partial charge >= 0.3 is 0 Å². The van der Waals surface area contributed by atoms with Crippen LogP contribution in [0, 0.1) is 0 Å². The summed E-state index contributed by atoms with van der Waals surface area (Å²) in [5, 5.41) is 2.94. The molecule has 2 heterocycles. The minimum atomic E-state index is -0.293. The third-order valence-electron chi connectivity index (χ3n) is 5.35. The predicted molar refractivity (Wildman–Crippen MR) is 128 cm³/mol. The Bertz CT molecular complexity index is 889. The van der Waals surface area contributed by atoms with Gasteiger partial charge in [-0.15, -0.1) is 0 Å². The Morgan fingerprint density at radius 3 is 2.70 bits per heavy atom. The second-order valence-corrected chi connectivity index (χ2v) is 7.85. The van der Waals surface area contributed by atoms with E-state index in [1.54, 1.807) is 6.07 Å². The first-order valence-corrected chi connectivity index (χ1v) is 11.6. The number of morpholine rings is 1. The van der Waals surface area contributed by atoms with Crippen LogP contribution >= 0.6 is 0 Å². The summed E-state index contributed by atoms with van der Waals surface area (Å²) in [7, 11) is 2.02. The summed E-state index contributed by atoms with van der Waals surface area (Å²) in [5.74, 6) is 0.573. The van der Waals surface area contributed by atoms with Crippen molar-refractivity contribution in [2.75, 3.05) is 76.5 Å². The van der Waals surface area contributed by atoms with Crippen LogP contribution in [0.5, 0.6) is 5.88 Å². The van der Waals surface area contributed by atoms with Gasteiger partial charge in [0, 0.05) is 44.5 Å². The van der Waals surface area contributed by atoms with E-state index in [1.165, 1.54) is 0 Å². The highest BCUT2D eigenvalue weighted by Crippen LogP contribution is 2.19. The zero-order valence-corrected chi connectivity index (χ0v) is 19.9. The van der Waals surface area contributed by atoms with Gasteiger partial charge in [-0.3, -0.25) is 4.79 Å². The molecule has 1 aliphatic heterocycles. The molecule has 2 aromatic rings. The summed E-state index contributed by atoms with van der Waals surface area (Å²) < 4.78 is 16.8. The van der Waals surface area contributed by atoms with Crippen LogP contribution in [0.3, 0.4) is 0 Å². The summed E-state index contributed by atoms with van der Waals surface area (Å²) in [6, 6.07) is 9.41. The lowest BCUT2D eigenvalue weighted by atomic mass is 10.1. The maximum Gasteiger partial charge on any atom is 0.274 e. The van der Waals surface area contributed by atoms with Crippen molar-refractivity contribution in [2.45, 2.75) is 20.3 Å². The number of hydrogen-bond acceptors (Lipinski definition) is 8. The molecule has 0 spiro atoms. The standard InChI is InChI=1S/C24H35N5O4/c1-4-19-7-6-8-20(17-19)25-23(30)21-18-22(33-16-10-28(3)9-13-31-5-2)27-24(26-21)29-11-14-32-15-12-29/h6-8,17-18H,4-5,9-16H2,1-3H3,(H,25,30). The monoisotopic (exact) mass is 457 g/mol. The van der Waals surface area contributed by atoms with Gasteiger partial charge < -0.3 is 29.3 Å². The van der Waals surface area contributed by atoms with Crippen molar-refractivity contribution in [1.82, 2.24) is 14.9 Å². The number of likely N-dealkylation sites (N-methyl/N-ethyl adjacent to an activating group) is 1. The first-order valence-electron chi connectivity index (χ1n) is 11.6. The topological polar surface area (TPSA) is 89.1 Å². The van der Waals surface area contributed by atoms with E-state index in [9.17, 15) is 4.79 Å². The summed E-state index contributed by atoms with van der Waals surface area (Å²) >= 11 is 0. The highest BCUT2D eigenvalue weighted by Gasteiger charge is 2.19. The first kappa shape index (κ1) is 24.9. The number of benzene rings is 1. The van der Waals surface area contributed by atoms with E-state index in [0.29, 0.717) is 58.0 Å². The Labute approximate surface area is 196 Å². The summed E-state index contributed by atoms with van der Waals surface area (Å²) in [4.78, 5) is 26.2. The molecule has 180 valence electrons. The molecule has 0 radical (unpaired) electrons. The molecule has 1 N–H and O–H groups in total. The van der Waals surface area contributed by atoms with Crippen LogP contribution in [0.25, 0.3) is 0 Å². The summed E-state index contributed by atoms with van der Waals surface area (Å²) in [6.45, 7) is 9.99. The largest absolute Gasteiger partial charge is 0.476 e. The molecule has 0 atom stereocenters. The van der Waals surface area contributed by atoms with Gasteiger partial charge in [-0.2, -0.15) is 4.98 Å². The van der Waals surface area contributed by atoms with Gasteiger partial charge in [-0.25, -0.2) is 4.98 Å². The molecule has 0 saturated carbocycles. The lowest BCUT2D eigenvalue weighted by Gasteiger charge is -2.27. The number of aryl methyl sites for hydroxylation is 1. The van der Waals surface area contributed by atoms with Crippen LogP contribution in [0.2, 0.25) is 0 Å². The second-order valence-electron chi connectivity index (χ2n) is 7.85. The van der Waals surface area contributed by atoms with Gasteiger partial charge in [0.1, 0.15) is 12.3 Å². The lowest BCUT2D eigenvalue weighted by Crippen LogP contribution is -2.37. The fourth-order valence-corrected chi connectivity index (χ4v) is 3.35. The van der Waals surface area contributed by atoms with Crippen LogP contribution in [0.4, 0.5) is 11.6 Å². The number of amides is 1. The smallest absolute Gasteiger partial charge is 0.274 e. The van der Waals surface area contributed by atoms with Gasteiger partial charge in [0.25, 0.3) is 5.91 Å². The number of carbonyl (C=O) groups excluding carboxylic acids is 1. The molecular weight excluding hydrogens is 422 g/mol. The molecule has 1 saturated heterocycles. The average molecular weight is 458 g/mol. The van der Waals surface area contributed by atoms with Crippen molar-refractivity contribution in [1.29, 1.82) is 0 Å². The fourth-order valence-electron chi connectivity index (χ4n) is 3.35. The molecule has 0 unspecified atom stereocenters. The maximum atomic E-state index is 13.0. The normalized spacial score (nSPS) is 13.9. The Kier molecular flexibility index (Phi) is 9.86. The van der Waals surface area contributed by atoms with E-state index >= 15 is 0 Å². The number of rotatable bonds is 12. The molecular formula is C24H35N5O4. The lowest BCUT2D eigenvalue weighted by molar-refractivity contribution is 0.102. The van der Waals surface area contributed by atoms with Crippen molar-refractivity contribution in [2.24, 2.45) is 0 Å². The van der Waals surface area contributed by atoms with Crippen LogP contribution in [0.1, 0.15) is 29.9 Å². The molecule has 1 aromatic carbocycles. The third kappa shape index (κ3) is 7.96. The van der Waals surface area contributed by atoms with Crippen LogP contribution in [-0.2, 0) is 15.9 Å². The molecule has 33 heavy (non-hydrogen) atoms. The molecule has 0 aliphatic carbocycles. The van der Waals surface area contributed by atoms with E-state index in [1.807, 2.05) is 43.1 Å². The number of hydrogen-bond donors (Lipinski definition) is 1. The second kappa shape index (κ2) is 13.1. The molecule has 1 aromatic heterocycles. The van der Waals surface area contributed by atoms with Crippen molar-refractivity contribution < 1.29 is 19.0 Å². The number of ether oxygens (including phenoxy) is 3. The molecule has 1 amide bonds. The van der Waals surface area contributed by atoms with Gasteiger partial charge in [-0.1, -0.05) is 19.1 Å². The molecule has 3 rings (SSSR count). The quantitative estimate of drug-likeness (QED) is 0.487. The maximum absolute atomic E-state index is 13.0. The zero-order chi connectivity index (χ0) is 23.5. The van der Waals surface area contributed by atoms with Crippen molar-refractivity contribution in [3.05, 3.63) is 41.6 Å². The number of anilines is 2. The van der Waals surface area contributed by atoms with Gasteiger partial charge in [0.15, 0.2) is 0 Å². The Morgan fingerprint density at radius 2 is 1.94 bits per heavy atom. The molecule has 0 bridgehead atoms. The zero-order valence-electron chi connectivity index (χ0n) is 19.9. The molecule has 9 nitrogen and oxygen atoms in total. The number of nitrogens with one attached hydrogen (secondary N) is 1. The van der Waals surface area contributed by atoms with Crippen LogP contribution in [-0.4, -0.2) is 87.0 Å². The summed E-state index contributed by atoms with van der Waals surface area (Å²) in [5.41, 5.74) is 2.17. The SMILES string of the molecule is CCOCCN(C)CCOc1cc(C(=O)Nc2cccc(CC)c2)nc(N2CCOCC2)n1. The van der Waals surface area contributed by atoms with Gasteiger partial charge in [0.2, 0.25) is 11.8 Å². The van der Waals surface area contributed by atoms with E-state index < -0.39 is 0 Å². The van der Waals surface area contributed by atoms with E-state index in [4.69, 9.17) is 14.2 Å². The number of aromatic nitrogens is 2. The van der Waals surface area contributed by atoms with Gasteiger partial charge in [0.05, 0.1) is 19.8 Å². The third-order valence-corrected chi connectivity index (χ3v) is 5.35. The Hall–Kier alpha value is -2.75. The minimum absolute atomic E-state index is 0.271. The Balaban J connectivity index is 1.70. The fraction of sp³-hybridized carbons (Fsp3) is 0.542. The Morgan fingerprint density at radius 1 is 1.15 bits per heavy atom. The molecule has 9 heteroatoms. The first-order chi connectivity index (χ1) is 16.1. The van der Waals surface area contributed by atoms with E-state index in [2.05, 4.69) is 27.1 Å². The average Bonchev–Trinajstić information content (AvgIpc) is 2.84. The van der Waals surface area contributed by atoms with Gasteiger partial charge in [-0.05, 0) is 38.1 Å². The van der Waals surface area contributed by atoms with E-state index in [-0.39, 0.29) is 11.6 Å². The molecule has 1 fully saturated rings. The number of nitrogens with zero attached hydrogens (tertiary/aromatic N) is 4. The van der Waals surface area contributed by atoms with Crippen LogP contribution < -0.4 is 15.0 Å². The van der Waals surface area contributed by atoms with Crippen molar-refractivity contribution in [3.63, 3.8) is 0 Å². The minimum Gasteiger partial charge on any atom is -0.476 e. The highest BCUT2D eigenvalue weighted by atomic mass is 16.5. The van der Waals surface area contributed by atoms with Crippen molar-refractivity contribution >= 4 is 17.5 Å². The molecule has 1 aliphatic rings. The number of carbonyl (C=O) groups is 1. The van der Waals surface area contributed by atoms with Crippen LogP contribution in [0.15, 0.2) is 30.3 Å². The van der Waals surface area contributed by atoms with Crippen molar-refractivity contribution in [3.8, 4) is 5.88 Å². The summed E-state index contributed by atoms with van der Waals surface area (Å²) in [6.07, 6.45) is 0.898. The predicted octanol–water partition coefficient (Wildman–Crippen LogP) is 2.47. The highest BCUT2D eigenvalue weighted by molar-refractivity contribution is 6.03.